The number of carbonyl (C=O) groups excluding carboxylic acids is 1. The van der Waals surface area contributed by atoms with Gasteiger partial charge in [-0.2, -0.15) is 0 Å². The third kappa shape index (κ3) is 3.11. The van der Waals surface area contributed by atoms with Crippen LogP contribution in [0.3, 0.4) is 0 Å². The van der Waals surface area contributed by atoms with Gasteiger partial charge >= 0.3 is 6.09 Å². The minimum Gasteiger partial charge on any atom is -0.447 e. The fraction of sp³-hybridized carbons (Fsp3) is 0.167. The third-order valence-electron chi connectivity index (χ3n) is 3.59. The van der Waals surface area contributed by atoms with Crippen LogP contribution in [0.5, 0.6) is 0 Å². The highest BCUT2D eigenvalue weighted by molar-refractivity contribution is 5.84. The van der Waals surface area contributed by atoms with Gasteiger partial charge in [-0.15, -0.1) is 0 Å². The molecule has 4 heteroatoms. The summed E-state index contributed by atoms with van der Waals surface area (Å²) in [5, 5.41) is 3.91. The number of nitrogens with one attached hydrogen (secondary N) is 1. The first-order chi connectivity index (χ1) is 10.7. The molecule has 1 heterocycles. The Morgan fingerprint density at radius 1 is 1.09 bits per heavy atom. The SMILES string of the molecule is Cc1cc2ccccc2n1CCOC(=O)Nc1ccccc1. The molecule has 0 aliphatic heterocycles. The monoisotopic (exact) mass is 294 g/mol. The Labute approximate surface area is 129 Å². The third-order valence-corrected chi connectivity index (χ3v) is 3.59. The van der Waals surface area contributed by atoms with Crippen LogP contribution in [-0.2, 0) is 11.3 Å². The van der Waals surface area contributed by atoms with Gasteiger partial charge in [0, 0.05) is 16.9 Å². The summed E-state index contributed by atoms with van der Waals surface area (Å²) in [6, 6.07) is 19.6. The Morgan fingerprint density at radius 2 is 1.82 bits per heavy atom. The molecule has 0 spiro atoms. The van der Waals surface area contributed by atoms with E-state index in [0.717, 1.165) is 16.9 Å². The number of aromatic nitrogens is 1. The molecule has 4 nitrogen and oxygen atoms in total. The number of hydrogen-bond donors (Lipinski definition) is 1. The lowest BCUT2D eigenvalue weighted by Gasteiger charge is -2.10. The molecule has 0 atom stereocenters. The molecular weight excluding hydrogens is 276 g/mol. The van der Waals surface area contributed by atoms with Crippen molar-refractivity contribution in [3.8, 4) is 0 Å². The summed E-state index contributed by atoms with van der Waals surface area (Å²) in [5.74, 6) is 0. The van der Waals surface area contributed by atoms with Crippen LogP contribution in [0.1, 0.15) is 5.69 Å². The lowest BCUT2D eigenvalue weighted by atomic mass is 10.2. The number of carbonyl (C=O) groups is 1. The zero-order valence-corrected chi connectivity index (χ0v) is 12.5. The Morgan fingerprint density at radius 3 is 2.64 bits per heavy atom. The van der Waals surface area contributed by atoms with Gasteiger partial charge in [0.1, 0.15) is 6.61 Å². The molecule has 0 aliphatic rings. The van der Waals surface area contributed by atoms with Crippen molar-refractivity contribution in [2.24, 2.45) is 0 Å². The van der Waals surface area contributed by atoms with E-state index in [4.69, 9.17) is 4.74 Å². The van der Waals surface area contributed by atoms with Crippen molar-refractivity contribution >= 4 is 22.7 Å². The van der Waals surface area contributed by atoms with Crippen LogP contribution < -0.4 is 5.32 Å². The first-order valence-corrected chi connectivity index (χ1v) is 7.28. The molecule has 0 bridgehead atoms. The van der Waals surface area contributed by atoms with Gasteiger partial charge in [0.25, 0.3) is 0 Å². The minimum absolute atomic E-state index is 0.332. The quantitative estimate of drug-likeness (QED) is 0.783. The lowest BCUT2D eigenvalue weighted by Crippen LogP contribution is -2.17. The molecule has 0 saturated carbocycles. The van der Waals surface area contributed by atoms with Crippen molar-refractivity contribution in [2.45, 2.75) is 13.5 Å². The van der Waals surface area contributed by atoms with Crippen LogP contribution in [0.4, 0.5) is 10.5 Å². The molecule has 22 heavy (non-hydrogen) atoms. The molecule has 0 radical (unpaired) electrons. The lowest BCUT2D eigenvalue weighted by molar-refractivity contribution is 0.157. The topological polar surface area (TPSA) is 43.3 Å². The van der Waals surface area contributed by atoms with E-state index >= 15 is 0 Å². The summed E-state index contributed by atoms with van der Waals surface area (Å²) in [4.78, 5) is 11.7. The van der Waals surface area contributed by atoms with E-state index < -0.39 is 6.09 Å². The van der Waals surface area contributed by atoms with Crippen LogP contribution >= 0.6 is 0 Å². The van der Waals surface area contributed by atoms with Crippen LogP contribution in [0, 0.1) is 6.92 Å². The van der Waals surface area contributed by atoms with Gasteiger partial charge in [-0.05, 0) is 36.6 Å². The highest BCUT2D eigenvalue weighted by atomic mass is 16.5. The summed E-state index contributed by atoms with van der Waals surface area (Å²) in [6.07, 6.45) is -0.430. The second-order valence-corrected chi connectivity index (χ2v) is 5.12. The number of hydrogen-bond acceptors (Lipinski definition) is 2. The zero-order valence-electron chi connectivity index (χ0n) is 12.5. The Hall–Kier alpha value is -2.75. The van der Waals surface area contributed by atoms with Crippen molar-refractivity contribution in [3.05, 3.63) is 66.4 Å². The molecule has 1 aromatic heterocycles. The summed E-state index contributed by atoms with van der Waals surface area (Å²) in [6.45, 7) is 3.03. The molecule has 112 valence electrons. The van der Waals surface area contributed by atoms with E-state index in [1.54, 1.807) is 0 Å². The van der Waals surface area contributed by atoms with Crippen LogP contribution in [0.15, 0.2) is 60.7 Å². The predicted octanol–water partition coefficient (Wildman–Crippen LogP) is 4.20. The number of benzene rings is 2. The molecule has 2 aromatic carbocycles. The number of anilines is 1. The van der Waals surface area contributed by atoms with Crippen molar-refractivity contribution in [3.63, 3.8) is 0 Å². The molecule has 0 saturated heterocycles. The molecule has 0 unspecified atom stereocenters. The van der Waals surface area contributed by atoms with Crippen molar-refractivity contribution in [1.29, 1.82) is 0 Å². The number of fused-ring (bicyclic) bond motifs is 1. The standard InChI is InChI=1S/C18H18N2O2/c1-14-13-15-7-5-6-10-17(15)20(14)11-12-22-18(21)19-16-8-3-2-4-9-16/h2-10,13H,11-12H2,1H3,(H,19,21). The second kappa shape index (κ2) is 6.35. The first-order valence-electron chi connectivity index (χ1n) is 7.28. The van der Waals surface area contributed by atoms with Crippen molar-refractivity contribution in [2.75, 3.05) is 11.9 Å². The van der Waals surface area contributed by atoms with Gasteiger partial charge in [-0.3, -0.25) is 5.32 Å². The maximum atomic E-state index is 11.7. The minimum atomic E-state index is -0.430. The Balaban J connectivity index is 1.58. The summed E-state index contributed by atoms with van der Waals surface area (Å²) in [7, 11) is 0. The van der Waals surface area contributed by atoms with E-state index in [0.29, 0.717) is 13.2 Å². The Bertz CT molecular complexity index is 778. The smallest absolute Gasteiger partial charge is 0.411 e. The first kappa shape index (κ1) is 14.2. The number of nitrogens with zero attached hydrogens (tertiary/aromatic N) is 1. The maximum absolute atomic E-state index is 11.7. The molecule has 0 aliphatic carbocycles. The molecule has 3 rings (SSSR count). The van der Waals surface area contributed by atoms with Gasteiger partial charge in [-0.25, -0.2) is 4.79 Å². The maximum Gasteiger partial charge on any atom is 0.411 e. The highest BCUT2D eigenvalue weighted by Crippen LogP contribution is 2.18. The number of aryl methyl sites for hydroxylation is 1. The zero-order chi connectivity index (χ0) is 15.4. The average molecular weight is 294 g/mol. The second-order valence-electron chi connectivity index (χ2n) is 5.12. The van der Waals surface area contributed by atoms with Gasteiger partial charge in [-0.1, -0.05) is 36.4 Å². The van der Waals surface area contributed by atoms with Crippen LogP contribution in [0.2, 0.25) is 0 Å². The van der Waals surface area contributed by atoms with E-state index in [1.807, 2.05) is 42.5 Å². The van der Waals surface area contributed by atoms with Crippen molar-refractivity contribution in [1.82, 2.24) is 4.57 Å². The van der Waals surface area contributed by atoms with Gasteiger partial charge in [0.2, 0.25) is 0 Å². The summed E-state index contributed by atoms with van der Waals surface area (Å²) >= 11 is 0. The van der Waals surface area contributed by atoms with Crippen molar-refractivity contribution < 1.29 is 9.53 Å². The highest BCUT2D eigenvalue weighted by Gasteiger charge is 2.06. The molecule has 0 fully saturated rings. The van der Waals surface area contributed by atoms with Crippen LogP contribution in [0.25, 0.3) is 10.9 Å². The molecule has 1 amide bonds. The van der Waals surface area contributed by atoms with E-state index in [9.17, 15) is 4.79 Å². The van der Waals surface area contributed by atoms with E-state index in [-0.39, 0.29) is 0 Å². The molecular formula is C18H18N2O2. The predicted molar refractivity (Wildman–Crippen MR) is 88.1 cm³/mol. The number of para-hydroxylation sites is 2. The number of amides is 1. The average Bonchev–Trinajstić information content (AvgIpc) is 2.84. The number of rotatable bonds is 4. The van der Waals surface area contributed by atoms with E-state index in [2.05, 4.69) is 35.0 Å². The van der Waals surface area contributed by atoms with Gasteiger partial charge in [0.15, 0.2) is 0 Å². The summed E-state index contributed by atoms with van der Waals surface area (Å²) < 4.78 is 7.41. The Kier molecular flexibility index (Phi) is 4.10. The van der Waals surface area contributed by atoms with Gasteiger partial charge in [0.05, 0.1) is 6.54 Å². The van der Waals surface area contributed by atoms with Gasteiger partial charge < -0.3 is 9.30 Å². The summed E-state index contributed by atoms with van der Waals surface area (Å²) in [5.41, 5.74) is 3.05. The van der Waals surface area contributed by atoms with Crippen LogP contribution in [-0.4, -0.2) is 17.3 Å². The number of ether oxygens (including phenoxy) is 1. The normalized spacial score (nSPS) is 10.6. The van der Waals surface area contributed by atoms with E-state index in [1.165, 1.54) is 5.39 Å². The fourth-order valence-electron chi connectivity index (χ4n) is 2.55. The molecule has 1 N–H and O–H groups in total. The fourth-order valence-corrected chi connectivity index (χ4v) is 2.55. The largest absolute Gasteiger partial charge is 0.447 e. The molecule has 3 aromatic rings.